The first kappa shape index (κ1) is 15.2. The number of aromatic nitrogens is 3. The average molecular weight is 320 g/mol. The second-order valence-corrected chi connectivity index (χ2v) is 6.64. The zero-order chi connectivity index (χ0) is 15.5. The van der Waals surface area contributed by atoms with E-state index in [1.54, 1.807) is 11.3 Å². The third-order valence-corrected chi connectivity index (χ3v) is 4.69. The van der Waals surface area contributed by atoms with Crippen LogP contribution in [-0.2, 0) is 16.0 Å². The van der Waals surface area contributed by atoms with Gasteiger partial charge in [0.15, 0.2) is 5.82 Å². The molecule has 0 saturated carbocycles. The Morgan fingerprint density at radius 1 is 1.64 bits per heavy atom. The molecular formula is C15H20N4O2S. The molecule has 1 N–H and O–H groups in total. The number of thiophene rings is 1. The van der Waals surface area contributed by atoms with Crippen LogP contribution in [0.4, 0.5) is 0 Å². The first-order valence-corrected chi connectivity index (χ1v) is 8.33. The summed E-state index contributed by atoms with van der Waals surface area (Å²) in [6.45, 7) is 5.52. The molecule has 1 aliphatic rings. The number of aryl methyl sites for hydroxylation is 1. The van der Waals surface area contributed by atoms with E-state index >= 15 is 0 Å². The SMILES string of the molecule is Cc1nc(C2CN(C(=O)C(C)Cc3cccs3)CCO2)n[nH]1. The maximum atomic E-state index is 12.6. The monoisotopic (exact) mass is 320 g/mol. The smallest absolute Gasteiger partial charge is 0.225 e. The summed E-state index contributed by atoms with van der Waals surface area (Å²) in [4.78, 5) is 20.1. The van der Waals surface area contributed by atoms with E-state index in [9.17, 15) is 4.79 Å². The van der Waals surface area contributed by atoms with Gasteiger partial charge in [-0.1, -0.05) is 13.0 Å². The maximum Gasteiger partial charge on any atom is 0.225 e. The van der Waals surface area contributed by atoms with E-state index in [-0.39, 0.29) is 17.9 Å². The van der Waals surface area contributed by atoms with Crippen molar-refractivity contribution in [3.8, 4) is 0 Å². The van der Waals surface area contributed by atoms with E-state index in [1.165, 1.54) is 4.88 Å². The molecular weight excluding hydrogens is 300 g/mol. The highest BCUT2D eigenvalue weighted by Crippen LogP contribution is 2.22. The molecule has 1 aliphatic heterocycles. The predicted molar refractivity (Wildman–Crippen MR) is 83.6 cm³/mol. The van der Waals surface area contributed by atoms with Gasteiger partial charge in [0.1, 0.15) is 11.9 Å². The molecule has 0 aliphatic carbocycles. The van der Waals surface area contributed by atoms with Gasteiger partial charge in [-0.05, 0) is 24.8 Å². The number of H-pyrrole nitrogens is 1. The van der Waals surface area contributed by atoms with Gasteiger partial charge >= 0.3 is 0 Å². The van der Waals surface area contributed by atoms with Gasteiger partial charge in [-0.15, -0.1) is 11.3 Å². The Balaban J connectivity index is 1.62. The van der Waals surface area contributed by atoms with E-state index in [2.05, 4.69) is 21.2 Å². The molecule has 0 bridgehead atoms. The lowest BCUT2D eigenvalue weighted by atomic mass is 10.0. The Hall–Kier alpha value is -1.73. The fourth-order valence-corrected chi connectivity index (χ4v) is 3.47. The second kappa shape index (κ2) is 6.58. The van der Waals surface area contributed by atoms with Crippen LogP contribution in [0.3, 0.4) is 0 Å². The number of rotatable bonds is 4. The lowest BCUT2D eigenvalue weighted by molar-refractivity contribution is -0.143. The van der Waals surface area contributed by atoms with Crippen LogP contribution in [0.1, 0.15) is 29.6 Å². The summed E-state index contributed by atoms with van der Waals surface area (Å²) in [6.07, 6.45) is 0.551. The minimum absolute atomic E-state index is 0.0220. The normalized spacial score (nSPS) is 20.1. The highest BCUT2D eigenvalue weighted by molar-refractivity contribution is 7.09. The van der Waals surface area contributed by atoms with Crippen molar-refractivity contribution in [1.82, 2.24) is 20.1 Å². The number of nitrogens with zero attached hydrogens (tertiary/aromatic N) is 3. The molecule has 1 fully saturated rings. The highest BCUT2D eigenvalue weighted by atomic mass is 32.1. The molecule has 7 heteroatoms. The van der Waals surface area contributed by atoms with E-state index in [0.29, 0.717) is 25.5 Å². The summed E-state index contributed by atoms with van der Waals surface area (Å²) in [5.41, 5.74) is 0. The summed E-state index contributed by atoms with van der Waals surface area (Å²) in [7, 11) is 0. The Bertz CT molecular complexity index is 625. The molecule has 3 heterocycles. The lowest BCUT2D eigenvalue weighted by Gasteiger charge is -2.33. The first-order valence-electron chi connectivity index (χ1n) is 7.45. The fourth-order valence-electron chi connectivity index (χ4n) is 2.64. The van der Waals surface area contributed by atoms with Crippen molar-refractivity contribution in [2.24, 2.45) is 5.92 Å². The molecule has 6 nitrogen and oxygen atoms in total. The molecule has 0 spiro atoms. The highest BCUT2D eigenvalue weighted by Gasteiger charge is 2.30. The van der Waals surface area contributed by atoms with Crippen molar-refractivity contribution >= 4 is 17.2 Å². The number of aromatic amines is 1. The Labute approximate surface area is 133 Å². The molecule has 118 valence electrons. The van der Waals surface area contributed by atoms with Gasteiger partial charge in [0, 0.05) is 17.3 Å². The number of hydrogen-bond acceptors (Lipinski definition) is 5. The van der Waals surface area contributed by atoms with Gasteiger partial charge in [0.2, 0.25) is 5.91 Å². The number of nitrogens with one attached hydrogen (secondary N) is 1. The Kier molecular flexibility index (Phi) is 4.54. The molecule has 1 saturated heterocycles. The van der Waals surface area contributed by atoms with Crippen molar-refractivity contribution in [2.45, 2.75) is 26.4 Å². The zero-order valence-electron chi connectivity index (χ0n) is 12.8. The number of carbonyl (C=O) groups excluding carboxylic acids is 1. The van der Waals surface area contributed by atoms with Gasteiger partial charge < -0.3 is 9.64 Å². The molecule has 3 rings (SSSR count). The molecule has 0 radical (unpaired) electrons. The van der Waals surface area contributed by atoms with Gasteiger partial charge in [-0.2, -0.15) is 5.10 Å². The summed E-state index contributed by atoms with van der Waals surface area (Å²) in [5.74, 6) is 1.54. The summed E-state index contributed by atoms with van der Waals surface area (Å²) in [6, 6.07) is 4.10. The van der Waals surface area contributed by atoms with Crippen molar-refractivity contribution in [3.63, 3.8) is 0 Å². The Morgan fingerprint density at radius 3 is 3.18 bits per heavy atom. The largest absolute Gasteiger partial charge is 0.366 e. The standard InChI is InChI=1S/C15H20N4O2S/c1-10(8-12-4-3-7-22-12)15(20)19-5-6-21-13(9-19)14-16-11(2)17-18-14/h3-4,7,10,13H,5-6,8-9H2,1-2H3,(H,16,17,18). The molecule has 0 aromatic carbocycles. The minimum atomic E-state index is -0.239. The lowest BCUT2D eigenvalue weighted by Crippen LogP contribution is -2.45. The predicted octanol–water partition coefficient (Wildman–Crippen LogP) is 1.95. The summed E-state index contributed by atoms with van der Waals surface area (Å²) >= 11 is 1.70. The fraction of sp³-hybridized carbons (Fsp3) is 0.533. The maximum absolute atomic E-state index is 12.6. The van der Waals surface area contributed by atoms with Crippen LogP contribution in [0.25, 0.3) is 0 Å². The quantitative estimate of drug-likeness (QED) is 0.935. The van der Waals surface area contributed by atoms with E-state index in [0.717, 1.165) is 12.2 Å². The zero-order valence-corrected chi connectivity index (χ0v) is 13.6. The summed E-state index contributed by atoms with van der Waals surface area (Å²) in [5, 5.41) is 9.01. The van der Waals surface area contributed by atoms with Crippen molar-refractivity contribution < 1.29 is 9.53 Å². The third kappa shape index (κ3) is 3.36. The van der Waals surface area contributed by atoms with Crippen LogP contribution in [0.15, 0.2) is 17.5 Å². The molecule has 2 aromatic rings. The van der Waals surface area contributed by atoms with Gasteiger partial charge in [-0.25, -0.2) is 4.98 Å². The molecule has 1 amide bonds. The minimum Gasteiger partial charge on any atom is -0.366 e. The van der Waals surface area contributed by atoms with Crippen LogP contribution >= 0.6 is 11.3 Å². The number of carbonyl (C=O) groups is 1. The van der Waals surface area contributed by atoms with Crippen LogP contribution < -0.4 is 0 Å². The number of amides is 1. The average Bonchev–Trinajstić information content (AvgIpc) is 3.18. The topological polar surface area (TPSA) is 71.1 Å². The van der Waals surface area contributed by atoms with Crippen molar-refractivity contribution in [2.75, 3.05) is 19.7 Å². The molecule has 2 aromatic heterocycles. The third-order valence-electron chi connectivity index (χ3n) is 3.79. The van der Waals surface area contributed by atoms with Gasteiger partial charge in [0.05, 0.1) is 13.2 Å². The van der Waals surface area contributed by atoms with E-state index in [4.69, 9.17) is 4.74 Å². The van der Waals surface area contributed by atoms with Crippen LogP contribution in [0, 0.1) is 12.8 Å². The van der Waals surface area contributed by atoms with Gasteiger partial charge in [-0.3, -0.25) is 9.89 Å². The van der Waals surface area contributed by atoms with Crippen molar-refractivity contribution in [1.29, 1.82) is 0 Å². The molecule has 2 unspecified atom stereocenters. The van der Waals surface area contributed by atoms with E-state index < -0.39 is 0 Å². The number of hydrogen-bond donors (Lipinski definition) is 1. The Morgan fingerprint density at radius 2 is 2.50 bits per heavy atom. The molecule has 22 heavy (non-hydrogen) atoms. The van der Waals surface area contributed by atoms with Crippen LogP contribution in [-0.4, -0.2) is 45.7 Å². The number of ether oxygens (including phenoxy) is 1. The first-order chi connectivity index (χ1) is 10.6. The summed E-state index contributed by atoms with van der Waals surface area (Å²) < 4.78 is 5.71. The van der Waals surface area contributed by atoms with Crippen LogP contribution in [0.2, 0.25) is 0 Å². The van der Waals surface area contributed by atoms with Crippen LogP contribution in [0.5, 0.6) is 0 Å². The van der Waals surface area contributed by atoms with Crippen molar-refractivity contribution in [3.05, 3.63) is 34.0 Å². The van der Waals surface area contributed by atoms with E-state index in [1.807, 2.05) is 30.2 Å². The second-order valence-electron chi connectivity index (χ2n) is 5.61. The molecule has 2 atom stereocenters. The number of morpholine rings is 1. The van der Waals surface area contributed by atoms with Gasteiger partial charge in [0.25, 0.3) is 0 Å².